The van der Waals surface area contributed by atoms with Crippen molar-refractivity contribution in [1.29, 1.82) is 0 Å². The molecule has 8 nitrogen and oxygen atoms in total. The number of rotatable bonds is 9. The molecule has 42 heavy (non-hydrogen) atoms. The number of nitrogens with zero attached hydrogens (tertiary/aromatic N) is 3. The fraction of sp³-hybridized carbons (Fsp3) is 0.324. The molecule has 3 aromatic carbocycles. The van der Waals surface area contributed by atoms with Crippen LogP contribution in [0.3, 0.4) is 0 Å². The molecule has 218 valence electrons. The Hall–Kier alpha value is -4.43. The van der Waals surface area contributed by atoms with Crippen LogP contribution in [0.15, 0.2) is 104 Å². The van der Waals surface area contributed by atoms with Crippen molar-refractivity contribution in [3.63, 3.8) is 0 Å². The molecule has 0 radical (unpaired) electrons. The lowest BCUT2D eigenvalue weighted by molar-refractivity contribution is -0.311. The van der Waals surface area contributed by atoms with Crippen molar-refractivity contribution < 1.29 is 19.4 Å². The van der Waals surface area contributed by atoms with Crippen LogP contribution in [0.4, 0.5) is 4.79 Å². The Morgan fingerprint density at radius 3 is 1.93 bits per heavy atom. The first-order valence-electron chi connectivity index (χ1n) is 14.3. The van der Waals surface area contributed by atoms with Gasteiger partial charge in [0.1, 0.15) is 11.1 Å². The van der Waals surface area contributed by atoms with Gasteiger partial charge in [-0.2, -0.15) is 0 Å². The first kappa shape index (κ1) is 29.1. The van der Waals surface area contributed by atoms with Gasteiger partial charge in [0.05, 0.1) is 24.0 Å². The van der Waals surface area contributed by atoms with Gasteiger partial charge in [-0.05, 0) is 43.9 Å². The average Bonchev–Trinajstić information content (AvgIpc) is 3.63. The van der Waals surface area contributed by atoms with E-state index in [9.17, 15) is 14.7 Å². The molecule has 1 aliphatic rings. The molecule has 2 atom stereocenters. The zero-order chi connectivity index (χ0) is 29.7. The highest BCUT2D eigenvalue weighted by Gasteiger charge is 2.39. The van der Waals surface area contributed by atoms with E-state index in [0.717, 1.165) is 16.7 Å². The zero-order valence-corrected chi connectivity index (χ0v) is 24.3. The Labute approximate surface area is 247 Å². The number of alkyl carbamates (subject to hydrolysis) is 1. The molecule has 1 aromatic heterocycles. The van der Waals surface area contributed by atoms with E-state index in [-0.39, 0.29) is 12.5 Å². The average molecular weight is 566 g/mol. The predicted octanol–water partition coefficient (Wildman–Crippen LogP) is 3.98. The molecule has 2 heterocycles. The van der Waals surface area contributed by atoms with Gasteiger partial charge in [-0.1, -0.05) is 91.0 Å². The van der Waals surface area contributed by atoms with Crippen molar-refractivity contribution in [2.24, 2.45) is 0 Å². The van der Waals surface area contributed by atoms with Gasteiger partial charge in [0.2, 0.25) is 0 Å². The standard InChI is InChI=1S/C34H38N4O4/c1-33(2,3)42-32(41)36-28-19-20-37(22-28)30(31(39)40)21-29-23-38(24-35-29)34(25-13-7-4-8-14-25,26-15-9-5-10-16-26)27-17-11-6-12-18-27/h4-18,23-24,28,30H,19-22H2,1-3H3,(H,36,41)(H,39,40)/p-1/t28-,30-/m0/s1. The first-order chi connectivity index (χ1) is 20.2. The maximum absolute atomic E-state index is 12.4. The minimum Gasteiger partial charge on any atom is -0.548 e. The number of carboxylic acid groups (broad SMARTS) is 1. The molecule has 1 aliphatic heterocycles. The number of amides is 1. The number of likely N-dealkylation sites (tertiary alicyclic amines) is 1. The van der Waals surface area contributed by atoms with E-state index in [1.165, 1.54) is 0 Å². The van der Waals surface area contributed by atoms with Crippen molar-refractivity contribution in [2.45, 2.75) is 56.8 Å². The van der Waals surface area contributed by atoms with Gasteiger partial charge >= 0.3 is 6.09 Å². The molecule has 1 fully saturated rings. The highest BCUT2D eigenvalue weighted by atomic mass is 16.6. The number of imidazole rings is 1. The van der Waals surface area contributed by atoms with Crippen LogP contribution in [-0.2, 0) is 21.5 Å². The van der Waals surface area contributed by atoms with Crippen molar-refractivity contribution in [3.05, 3.63) is 126 Å². The summed E-state index contributed by atoms with van der Waals surface area (Å²) in [6.45, 7) is 6.32. The number of carbonyl (C=O) groups is 2. The summed E-state index contributed by atoms with van der Waals surface area (Å²) in [6.07, 6.45) is 4.01. The van der Waals surface area contributed by atoms with Gasteiger partial charge in [-0.3, -0.25) is 4.90 Å². The summed E-state index contributed by atoms with van der Waals surface area (Å²) >= 11 is 0. The van der Waals surface area contributed by atoms with E-state index in [2.05, 4.69) is 46.3 Å². The fourth-order valence-corrected chi connectivity index (χ4v) is 5.86. The van der Waals surface area contributed by atoms with Gasteiger partial charge in [-0.25, -0.2) is 9.78 Å². The Morgan fingerprint density at radius 2 is 1.45 bits per heavy atom. The quantitative estimate of drug-likeness (QED) is 0.308. The van der Waals surface area contributed by atoms with Crippen LogP contribution >= 0.6 is 0 Å². The molecule has 1 amide bonds. The maximum Gasteiger partial charge on any atom is 0.407 e. The monoisotopic (exact) mass is 565 g/mol. The number of aromatic nitrogens is 2. The Morgan fingerprint density at radius 1 is 0.929 bits per heavy atom. The van der Waals surface area contributed by atoms with Gasteiger partial charge in [0, 0.05) is 31.7 Å². The van der Waals surface area contributed by atoms with E-state index >= 15 is 0 Å². The van der Waals surface area contributed by atoms with Gasteiger partial charge < -0.3 is 24.5 Å². The summed E-state index contributed by atoms with van der Waals surface area (Å²) in [6, 6.07) is 29.6. The molecule has 5 rings (SSSR count). The minimum absolute atomic E-state index is 0.170. The minimum atomic E-state index is -1.16. The Bertz CT molecular complexity index is 1390. The van der Waals surface area contributed by atoms with Gasteiger partial charge in [0.15, 0.2) is 0 Å². The van der Waals surface area contributed by atoms with Crippen LogP contribution in [0, 0.1) is 0 Å². The largest absolute Gasteiger partial charge is 0.548 e. The number of nitrogens with one attached hydrogen (secondary N) is 1. The van der Waals surface area contributed by atoms with E-state index < -0.39 is 29.2 Å². The summed E-state index contributed by atoms with van der Waals surface area (Å²) in [5, 5.41) is 15.2. The van der Waals surface area contributed by atoms with E-state index in [0.29, 0.717) is 25.2 Å². The summed E-state index contributed by atoms with van der Waals surface area (Å²) < 4.78 is 7.45. The highest BCUT2D eigenvalue weighted by molar-refractivity contribution is 5.72. The number of hydrogen-bond acceptors (Lipinski definition) is 6. The molecule has 4 aromatic rings. The summed E-state index contributed by atoms with van der Waals surface area (Å²) in [4.78, 5) is 31.2. The molecular weight excluding hydrogens is 528 g/mol. The van der Waals surface area contributed by atoms with Crippen LogP contribution in [0.2, 0.25) is 0 Å². The molecule has 1 N–H and O–H groups in total. The molecule has 0 aliphatic carbocycles. The van der Waals surface area contributed by atoms with Crippen LogP contribution in [0.5, 0.6) is 0 Å². The lowest BCUT2D eigenvalue weighted by atomic mass is 9.77. The molecule has 0 spiro atoms. The number of benzene rings is 3. The number of ether oxygens (including phenoxy) is 1. The summed E-state index contributed by atoms with van der Waals surface area (Å²) in [5.41, 5.74) is 2.46. The SMILES string of the molecule is CC(C)(C)OC(=O)N[C@H]1CCN([C@@H](Cc2cn(C(c3ccccc3)(c3ccccc3)c3ccccc3)cn2)C(=O)[O-])C1. The maximum atomic E-state index is 12.4. The second-order valence-corrected chi connectivity index (χ2v) is 11.7. The molecular formula is C34H37N4O4-. The van der Waals surface area contributed by atoms with E-state index in [1.54, 1.807) is 27.1 Å². The van der Waals surface area contributed by atoms with E-state index in [1.807, 2.05) is 65.7 Å². The van der Waals surface area contributed by atoms with Crippen molar-refractivity contribution in [2.75, 3.05) is 13.1 Å². The van der Waals surface area contributed by atoms with Crippen molar-refractivity contribution in [3.8, 4) is 0 Å². The van der Waals surface area contributed by atoms with Crippen LogP contribution in [-0.4, -0.2) is 57.3 Å². The number of aliphatic carboxylic acids is 1. The lowest BCUT2D eigenvalue weighted by Gasteiger charge is -2.37. The molecule has 1 saturated heterocycles. The highest BCUT2D eigenvalue weighted by Crippen LogP contribution is 2.40. The van der Waals surface area contributed by atoms with Gasteiger partial charge in [-0.15, -0.1) is 0 Å². The molecule has 0 unspecified atom stereocenters. The normalized spacial score (nSPS) is 16.6. The second kappa shape index (κ2) is 12.2. The second-order valence-electron chi connectivity index (χ2n) is 11.7. The molecule has 0 bridgehead atoms. The zero-order valence-electron chi connectivity index (χ0n) is 24.3. The number of carbonyl (C=O) groups excluding carboxylic acids is 2. The topological polar surface area (TPSA) is 99.5 Å². The summed E-state index contributed by atoms with van der Waals surface area (Å²) in [7, 11) is 0. The number of hydrogen-bond donors (Lipinski definition) is 1. The predicted molar refractivity (Wildman–Crippen MR) is 159 cm³/mol. The Balaban J connectivity index is 1.45. The van der Waals surface area contributed by atoms with Crippen LogP contribution in [0.1, 0.15) is 49.6 Å². The summed E-state index contributed by atoms with van der Waals surface area (Å²) in [5.74, 6) is -1.16. The third-order valence-corrected chi connectivity index (χ3v) is 7.65. The third-order valence-electron chi connectivity index (χ3n) is 7.65. The van der Waals surface area contributed by atoms with Gasteiger partial charge in [0.25, 0.3) is 0 Å². The molecule has 8 heteroatoms. The third kappa shape index (κ3) is 6.24. The van der Waals surface area contributed by atoms with Crippen molar-refractivity contribution >= 4 is 12.1 Å². The molecule has 0 saturated carbocycles. The van der Waals surface area contributed by atoms with Crippen LogP contribution in [0.25, 0.3) is 0 Å². The van der Waals surface area contributed by atoms with E-state index in [4.69, 9.17) is 9.72 Å². The number of carboxylic acids is 1. The fourth-order valence-electron chi connectivity index (χ4n) is 5.86. The lowest BCUT2D eigenvalue weighted by Crippen LogP contribution is -2.50. The van der Waals surface area contributed by atoms with Crippen LogP contribution < -0.4 is 10.4 Å². The first-order valence-corrected chi connectivity index (χ1v) is 14.3. The smallest absolute Gasteiger partial charge is 0.407 e. The Kier molecular flexibility index (Phi) is 8.45. The van der Waals surface area contributed by atoms with Crippen molar-refractivity contribution in [1.82, 2.24) is 19.8 Å².